The molecule has 1 N–H and O–H groups in total. The molecule has 0 unspecified atom stereocenters. The minimum atomic E-state index is -0.773. The van der Waals surface area contributed by atoms with E-state index in [0.717, 1.165) is 49.2 Å². The number of carbonyl (C=O) groups excluding carboxylic acids is 1. The second kappa shape index (κ2) is 8.96. The molecule has 0 saturated carbocycles. The van der Waals surface area contributed by atoms with E-state index in [-0.39, 0.29) is 0 Å². The molecule has 0 spiro atoms. The molecule has 4 rings (SSSR count). The highest BCUT2D eigenvalue weighted by atomic mass is 35.5. The topological polar surface area (TPSA) is 76.1 Å². The molecule has 1 saturated heterocycles. The predicted molar refractivity (Wildman–Crippen MR) is 122 cm³/mol. The zero-order valence-corrected chi connectivity index (χ0v) is 18.9. The third kappa shape index (κ3) is 4.52. The monoisotopic (exact) mass is 455 g/mol. The Hall–Kier alpha value is -2.83. The number of aliphatic carboxylic acids is 1. The molecule has 2 heterocycles. The summed E-state index contributed by atoms with van der Waals surface area (Å²) in [6, 6.07) is 12.8. The lowest BCUT2D eigenvalue weighted by Crippen LogP contribution is -2.36. The fourth-order valence-electron chi connectivity index (χ4n) is 4.14. The van der Waals surface area contributed by atoms with Gasteiger partial charge in [-0.2, -0.15) is 0 Å². The lowest BCUT2D eigenvalue weighted by molar-refractivity contribution is -0.150. The number of fused-ring (bicyclic) bond motifs is 2. The van der Waals surface area contributed by atoms with Crippen LogP contribution in [0.2, 0.25) is 5.02 Å². The highest BCUT2D eigenvalue weighted by Gasteiger charge is 2.30. The summed E-state index contributed by atoms with van der Waals surface area (Å²) in [7, 11) is 0. The van der Waals surface area contributed by atoms with E-state index in [1.54, 1.807) is 32.0 Å². The van der Waals surface area contributed by atoms with Gasteiger partial charge in [-0.05, 0) is 69.0 Å². The Morgan fingerprint density at radius 1 is 1.06 bits per heavy atom. The molecule has 0 aromatic heterocycles. The zero-order valence-electron chi connectivity index (χ0n) is 18.2. The molecule has 2 aliphatic rings. The van der Waals surface area contributed by atoms with E-state index >= 15 is 0 Å². The van der Waals surface area contributed by atoms with Crippen molar-refractivity contribution in [1.82, 2.24) is 4.90 Å². The minimum Gasteiger partial charge on any atom is -0.481 e. The molecular formula is C25H26ClNO5. The van der Waals surface area contributed by atoms with E-state index in [0.29, 0.717) is 22.8 Å². The van der Waals surface area contributed by atoms with Crippen molar-refractivity contribution in [1.29, 1.82) is 0 Å². The van der Waals surface area contributed by atoms with E-state index in [4.69, 9.17) is 21.4 Å². The molecule has 2 aromatic rings. The molecule has 0 amide bonds. The van der Waals surface area contributed by atoms with Gasteiger partial charge in [0.25, 0.3) is 0 Å². The Morgan fingerprint density at radius 2 is 1.78 bits per heavy atom. The van der Waals surface area contributed by atoms with E-state index in [1.807, 2.05) is 24.3 Å². The van der Waals surface area contributed by atoms with Crippen LogP contribution in [0.5, 0.6) is 5.75 Å². The summed E-state index contributed by atoms with van der Waals surface area (Å²) < 4.78 is 0. The van der Waals surface area contributed by atoms with Crippen molar-refractivity contribution in [3.05, 3.63) is 69.8 Å². The van der Waals surface area contributed by atoms with E-state index in [2.05, 4.69) is 4.90 Å². The number of carboxylic acids is 1. The van der Waals surface area contributed by atoms with Gasteiger partial charge in [0.2, 0.25) is 0 Å². The van der Waals surface area contributed by atoms with Crippen LogP contribution in [-0.4, -0.2) is 41.6 Å². The van der Waals surface area contributed by atoms with Gasteiger partial charge in [0, 0.05) is 23.7 Å². The van der Waals surface area contributed by atoms with E-state index in [1.165, 1.54) is 5.57 Å². The van der Waals surface area contributed by atoms with Crippen LogP contribution in [0.25, 0.3) is 5.57 Å². The van der Waals surface area contributed by atoms with Crippen LogP contribution in [0, 0.1) is 5.41 Å². The third-order valence-electron chi connectivity index (χ3n) is 6.28. The molecule has 2 aromatic carbocycles. The smallest absolute Gasteiger partial charge is 0.386 e. The summed E-state index contributed by atoms with van der Waals surface area (Å²) in [5.41, 5.74) is 3.50. The first-order valence-electron chi connectivity index (χ1n) is 10.7. The largest absolute Gasteiger partial charge is 0.481 e. The standard InChI is InChI=1S/C25H26ClNO5/c1-25(2,24(29)30)11-14-27-12-9-16(10-13-27)22-18-8-7-17(26)15-20(18)23(28)32-31-21-6-4-3-5-19(21)22/h3-8,15H,9-14H2,1-2H3,(H,29,30). The molecule has 7 heteroatoms. The predicted octanol–water partition coefficient (Wildman–Crippen LogP) is 5.20. The number of para-hydroxylation sites is 1. The number of carboxylic acid groups (broad SMARTS) is 1. The van der Waals surface area contributed by atoms with Crippen molar-refractivity contribution in [3.63, 3.8) is 0 Å². The minimum absolute atomic E-state index is 0.375. The number of rotatable bonds is 4. The number of hydrogen-bond donors (Lipinski definition) is 1. The number of halogens is 1. The maximum Gasteiger partial charge on any atom is 0.386 e. The number of likely N-dealkylation sites (tertiary alicyclic amines) is 1. The summed E-state index contributed by atoms with van der Waals surface area (Å²) in [6.07, 6.45) is 2.22. The van der Waals surface area contributed by atoms with Crippen molar-refractivity contribution in [2.75, 3.05) is 19.6 Å². The van der Waals surface area contributed by atoms with Crippen molar-refractivity contribution < 1.29 is 24.5 Å². The van der Waals surface area contributed by atoms with Gasteiger partial charge in [-0.3, -0.25) is 9.68 Å². The fourth-order valence-corrected chi connectivity index (χ4v) is 4.32. The number of benzene rings is 2. The quantitative estimate of drug-likeness (QED) is 0.638. The highest BCUT2D eigenvalue weighted by Crippen LogP contribution is 2.40. The zero-order chi connectivity index (χ0) is 22.9. The maximum absolute atomic E-state index is 12.7. The first-order chi connectivity index (χ1) is 15.3. The van der Waals surface area contributed by atoms with Crippen molar-refractivity contribution in [2.45, 2.75) is 33.1 Å². The fraction of sp³-hybridized carbons (Fsp3) is 0.360. The van der Waals surface area contributed by atoms with Gasteiger partial charge < -0.3 is 10.0 Å². The first-order valence-corrected chi connectivity index (χ1v) is 11.1. The SMILES string of the molecule is CC(C)(CCN1CCC(=C2c3ccccc3OOC(=O)c3cc(Cl)ccc32)CC1)C(=O)O. The van der Waals surface area contributed by atoms with E-state index in [9.17, 15) is 14.7 Å². The van der Waals surface area contributed by atoms with Crippen molar-refractivity contribution in [2.24, 2.45) is 5.41 Å². The van der Waals surface area contributed by atoms with Crippen LogP contribution in [-0.2, 0) is 9.68 Å². The van der Waals surface area contributed by atoms with Gasteiger partial charge in [-0.25, -0.2) is 9.68 Å². The number of piperidine rings is 1. The summed E-state index contributed by atoms with van der Waals surface area (Å²) in [5.74, 6) is -0.858. The van der Waals surface area contributed by atoms with Crippen molar-refractivity contribution in [3.8, 4) is 5.75 Å². The van der Waals surface area contributed by atoms with Crippen LogP contribution < -0.4 is 4.89 Å². The highest BCUT2D eigenvalue weighted by molar-refractivity contribution is 6.31. The van der Waals surface area contributed by atoms with Crippen molar-refractivity contribution >= 4 is 29.1 Å². The Morgan fingerprint density at radius 3 is 2.50 bits per heavy atom. The van der Waals surface area contributed by atoms with E-state index < -0.39 is 17.4 Å². The molecular weight excluding hydrogens is 430 g/mol. The molecule has 1 fully saturated rings. The third-order valence-corrected chi connectivity index (χ3v) is 6.51. The molecule has 168 valence electrons. The normalized spacial score (nSPS) is 16.9. The molecule has 6 nitrogen and oxygen atoms in total. The molecule has 2 aliphatic heterocycles. The maximum atomic E-state index is 12.7. The molecule has 32 heavy (non-hydrogen) atoms. The molecule has 0 atom stereocenters. The van der Waals surface area contributed by atoms with Crippen LogP contribution in [0.3, 0.4) is 0 Å². The molecule has 0 radical (unpaired) electrons. The van der Waals surface area contributed by atoms with Gasteiger partial charge in [-0.15, -0.1) is 0 Å². The Labute approximate surface area is 192 Å². The van der Waals surface area contributed by atoms with Crippen LogP contribution >= 0.6 is 11.6 Å². The van der Waals surface area contributed by atoms with Crippen LogP contribution in [0.4, 0.5) is 0 Å². The van der Waals surface area contributed by atoms with Crippen LogP contribution in [0.1, 0.15) is 54.6 Å². The lowest BCUT2D eigenvalue weighted by atomic mass is 9.85. The summed E-state index contributed by atoms with van der Waals surface area (Å²) in [5, 5.41) is 9.83. The Kier molecular flexibility index (Phi) is 6.26. The summed E-state index contributed by atoms with van der Waals surface area (Å²) in [6.45, 7) is 5.91. The second-order valence-corrected chi connectivity index (χ2v) is 9.34. The summed E-state index contributed by atoms with van der Waals surface area (Å²) >= 11 is 6.17. The van der Waals surface area contributed by atoms with Gasteiger partial charge >= 0.3 is 11.9 Å². The average molecular weight is 456 g/mol. The second-order valence-electron chi connectivity index (χ2n) is 8.90. The Balaban J connectivity index is 1.67. The Bertz CT molecular complexity index is 1080. The number of hydrogen-bond acceptors (Lipinski definition) is 5. The first kappa shape index (κ1) is 22.4. The molecule has 0 bridgehead atoms. The van der Waals surface area contributed by atoms with Gasteiger partial charge in [0.1, 0.15) is 0 Å². The van der Waals surface area contributed by atoms with Crippen LogP contribution in [0.15, 0.2) is 48.0 Å². The average Bonchev–Trinajstić information content (AvgIpc) is 2.77. The summed E-state index contributed by atoms with van der Waals surface area (Å²) in [4.78, 5) is 36.8. The number of carbonyl (C=O) groups is 2. The van der Waals surface area contributed by atoms with Gasteiger partial charge in [0.05, 0.1) is 11.0 Å². The van der Waals surface area contributed by atoms with Gasteiger partial charge in [0.15, 0.2) is 5.75 Å². The lowest BCUT2D eigenvalue weighted by Gasteiger charge is -2.32. The molecule has 0 aliphatic carbocycles. The van der Waals surface area contributed by atoms with Gasteiger partial charge in [-0.1, -0.05) is 41.4 Å². The number of nitrogens with zero attached hydrogens (tertiary/aromatic N) is 1.